The van der Waals surface area contributed by atoms with E-state index in [1.54, 1.807) is 6.92 Å². The van der Waals surface area contributed by atoms with Crippen molar-refractivity contribution in [2.24, 2.45) is 0 Å². The Kier molecular flexibility index (Phi) is 4.64. The fourth-order valence-corrected chi connectivity index (χ4v) is 3.37. The van der Waals surface area contributed by atoms with Gasteiger partial charge in [0.2, 0.25) is 5.91 Å². The lowest BCUT2D eigenvalue weighted by Gasteiger charge is -2.54. The van der Waals surface area contributed by atoms with Gasteiger partial charge in [-0.2, -0.15) is 0 Å². The molecule has 0 saturated carbocycles. The molecule has 0 N–H and O–H groups in total. The van der Waals surface area contributed by atoms with Crippen LogP contribution in [-0.4, -0.2) is 34.0 Å². The summed E-state index contributed by atoms with van der Waals surface area (Å²) in [5.74, 6) is 0.00198. The van der Waals surface area contributed by atoms with Crippen molar-refractivity contribution in [1.29, 1.82) is 0 Å². The van der Waals surface area contributed by atoms with Crippen molar-refractivity contribution in [2.75, 3.05) is 0 Å². The van der Waals surface area contributed by atoms with E-state index in [4.69, 9.17) is 4.74 Å². The predicted octanol–water partition coefficient (Wildman–Crippen LogP) is 2.90. The lowest BCUT2D eigenvalue weighted by atomic mass is 9.77. The maximum absolute atomic E-state index is 12.2. The number of rotatable bonds is 3. The minimum absolute atomic E-state index is 0.0987. The summed E-state index contributed by atoms with van der Waals surface area (Å²) in [6.07, 6.45) is 2.21. The van der Waals surface area contributed by atoms with Crippen molar-refractivity contribution < 1.29 is 14.3 Å². The first kappa shape index (κ1) is 16.0. The molecular weight excluding hydrogens is 242 g/mol. The Hall–Kier alpha value is -1.06. The molecule has 0 aromatic rings. The molecule has 0 atom stereocenters. The third-order valence-corrected chi connectivity index (χ3v) is 3.80. The van der Waals surface area contributed by atoms with Gasteiger partial charge in [0, 0.05) is 36.8 Å². The zero-order chi connectivity index (χ0) is 14.8. The van der Waals surface area contributed by atoms with Crippen LogP contribution in [0.25, 0.3) is 0 Å². The molecule has 19 heavy (non-hydrogen) atoms. The number of nitrogens with zero attached hydrogens (tertiary/aromatic N) is 1. The maximum Gasteiger partial charge on any atom is 0.305 e. The van der Waals surface area contributed by atoms with Gasteiger partial charge in [0.1, 0.15) is 6.10 Å². The van der Waals surface area contributed by atoms with Crippen molar-refractivity contribution in [3.8, 4) is 0 Å². The van der Waals surface area contributed by atoms with Crippen molar-refractivity contribution in [3.63, 3.8) is 0 Å². The van der Waals surface area contributed by atoms with Crippen LogP contribution in [0.15, 0.2) is 0 Å². The molecule has 110 valence electrons. The van der Waals surface area contributed by atoms with Crippen molar-refractivity contribution in [1.82, 2.24) is 4.90 Å². The lowest BCUT2D eigenvalue weighted by molar-refractivity contribution is -0.167. The van der Waals surface area contributed by atoms with E-state index < -0.39 is 0 Å². The Morgan fingerprint density at radius 3 is 1.89 bits per heavy atom. The first-order valence-corrected chi connectivity index (χ1v) is 7.16. The summed E-state index contributed by atoms with van der Waals surface area (Å²) in [7, 11) is 0. The van der Waals surface area contributed by atoms with Gasteiger partial charge in [-0.15, -0.1) is 0 Å². The molecule has 0 unspecified atom stereocenters. The highest BCUT2D eigenvalue weighted by Gasteiger charge is 2.48. The number of hydrogen-bond acceptors (Lipinski definition) is 3. The third-order valence-electron chi connectivity index (χ3n) is 3.80. The van der Waals surface area contributed by atoms with Crippen LogP contribution in [-0.2, 0) is 14.3 Å². The van der Waals surface area contributed by atoms with E-state index in [1.165, 1.54) is 0 Å². The average Bonchev–Trinajstić information content (AvgIpc) is 2.24. The summed E-state index contributed by atoms with van der Waals surface area (Å²) in [5.41, 5.74) is -0.568. The summed E-state index contributed by atoms with van der Waals surface area (Å²) in [4.78, 5) is 25.6. The molecule has 1 fully saturated rings. The number of ether oxygens (including phenoxy) is 1. The van der Waals surface area contributed by atoms with Crippen molar-refractivity contribution in [3.05, 3.63) is 0 Å². The van der Waals surface area contributed by atoms with Crippen LogP contribution >= 0.6 is 0 Å². The van der Waals surface area contributed by atoms with Gasteiger partial charge in [0.15, 0.2) is 0 Å². The van der Waals surface area contributed by atoms with Crippen LogP contribution in [0.5, 0.6) is 0 Å². The van der Waals surface area contributed by atoms with Gasteiger partial charge in [-0.05, 0) is 27.7 Å². The first-order chi connectivity index (χ1) is 8.64. The molecule has 1 aliphatic heterocycles. The Morgan fingerprint density at radius 2 is 1.53 bits per heavy atom. The number of esters is 1. The Bertz CT molecular complexity index is 342. The predicted molar refractivity (Wildman–Crippen MR) is 74.7 cm³/mol. The zero-order valence-electron chi connectivity index (χ0n) is 13.1. The van der Waals surface area contributed by atoms with Gasteiger partial charge in [0.25, 0.3) is 0 Å². The average molecular weight is 269 g/mol. The van der Waals surface area contributed by atoms with Crippen LogP contribution < -0.4 is 0 Å². The van der Waals surface area contributed by atoms with Crippen LogP contribution in [0.1, 0.15) is 67.2 Å². The maximum atomic E-state index is 12.2. The molecule has 4 nitrogen and oxygen atoms in total. The molecule has 0 bridgehead atoms. The van der Waals surface area contributed by atoms with Crippen LogP contribution in [0, 0.1) is 0 Å². The fraction of sp³-hybridized carbons (Fsp3) is 0.867. The highest BCUT2D eigenvalue weighted by molar-refractivity contribution is 5.77. The van der Waals surface area contributed by atoms with E-state index in [1.807, 2.05) is 39.5 Å². The molecule has 0 radical (unpaired) electrons. The smallest absolute Gasteiger partial charge is 0.305 e. The minimum atomic E-state index is -0.284. The Morgan fingerprint density at radius 1 is 1.05 bits per heavy atom. The number of amides is 1. The van der Waals surface area contributed by atoms with E-state index in [9.17, 15) is 9.59 Å². The monoisotopic (exact) mass is 269 g/mol. The number of likely N-dealkylation sites (tertiary alicyclic amines) is 1. The molecular formula is C15H27NO3. The second-order valence-corrected chi connectivity index (χ2v) is 6.58. The van der Waals surface area contributed by atoms with Gasteiger partial charge in [-0.25, -0.2) is 0 Å². The van der Waals surface area contributed by atoms with E-state index in [2.05, 4.69) is 0 Å². The summed E-state index contributed by atoms with van der Waals surface area (Å²) in [6, 6.07) is 0. The Balaban J connectivity index is 2.93. The molecule has 0 aromatic heterocycles. The van der Waals surface area contributed by atoms with Gasteiger partial charge >= 0.3 is 5.97 Å². The molecule has 1 aliphatic rings. The molecule has 0 spiro atoms. The normalized spacial score (nSPS) is 22.1. The molecule has 1 amide bonds. The minimum Gasteiger partial charge on any atom is -0.462 e. The van der Waals surface area contributed by atoms with E-state index in [0.29, 0.717) is 25.7 Å². The van der Waals surface area contributed by atoms with Crippen molar-refractivity contribution in [2.45, 2.75) is 84.4 Å². The topological polar surface area (TPSA) is 46.6 Å². The second kappa shape index (κ2) is 5.51. The van der Waals surface area contributed by atoms with Gasteiger partial charge < -0.3 is 9.64 Å². The molecule has 1 saturated heterocycles. The quantitative estimate of drug-likeness (QED) is 0.740. The summed E-state index contributed by atoms with van der Waals surface area (Å²) in [5, 5.41) is 0. The lowest BCUT2D eigenvalue weighted by Crippen LogP contribution is -2.64. The molecule has 1 heterocycles. The fourth-order valence-electron chi connectivity index (χ4n) is 3.37. The van der Waals surface area contributed by atoms with Gasteiger partial charge in [-0.3, -0.25) is 9.59 Å². The van der Waals surface area contributed by atoms with Crippen LogP contribution in [0.2, 0.25) is 0 Å². The number of hydrogen-bond donors (Lipinski definition) is 0. The first-order valence-electron chi connectivity index (χ1n) is 7.16. The number of carbonyl (C=O) groups is 2. The van der Waals surface area contributed by atoms with Crippen molar-refractivity contribution >= 4 is 11.9 Å². The number of carbonyl (C=O) groups excluding carboxylic acids is 2. The highest BCUT2D eigenvalue weighted by Crippen LogP contribution is 2.40. The summed E-state index contributed by atoms with van der Waals surface area (Å²) in [6.45, 7) is 11.9. The van der Waals surface area contributed by atoms with Crippen LogP contribution in [0.4, 0.5) is 0 Å². The largest absolute Gasteiger partial charge is 0.462 e. The van der Waals surface area contributed by atoms with Gasteiger partial charge in [-0.1, -0.05) is 13.8 Å². The SMILES string of the molecule is CCC(=O)OC1CC(C)(C)N(C(=O)CC)C(C)(C)C1. The van der Waals surface area contributed by atoms with E-state index >= 15 is 0 Å². The Labute approximate surface area is 116 Å². The van der Waals surface area contributed by atoms with Crippen LogP contribution in [0.3, 0.4) is 0 Å². The summed E-state index contributed by atoms with van der Waals surface area (Å²) >= 11 is 0. The van der Waals surface area contributed by atoms with E-state index in [0.717, 1.165) is 0 Å². The summed E-state index contributed by atoms with van der Waals surface area (Å²) < 4.78 is 5.50. The number of piperidine rings is 1. The highest BCUT2D eigenvalue weighted by atomic mass is 16.5. The standard InChI is InChI=1S/C15H27NO3/c1-7-12(17)16-14(3,4)9-11(10-15(16,5)6)19-13(18)8-2/h11H,7-10H2,1-6H3. The molecule has 0 aliphatic carbocycles. The van der Waals surface area contributed by atoms with E-state index in [-0.39, 0.29) is 29.1 Å². The molecule has 4 heteroatoms. The second-order valence-electron chi connectivity index (χ2n) is 6.58. The molecule has 1 rings (SSSR count). The zero-order valence-corrected chi connectivity index (χ0v) is 13.1. The third kappa shape index (κ3) is 3.48. The molecule has 0 aromatic carbocycles. The van der Waals surface area contributed by atoms with Gasteiger partial charge in [0.05, 0.1) is 0 Å².